The lowest BCUT2D eigenvalue weighted by Gasteiger charge is -2.05. The fourth-order valence-corrected chi connectivity index (χ4v) is 1.69. The van der Waals surface area contributed by atoms with Gasteiger partial charge in [-0.3, -0.25) is 4.79 Å². The van der Waals surface area contributed by atoms with E-state index in [9.17, 15) is 4.79 Å². The first-order chi connectivity index (χ1) is 7.70. The molecule has 0 radical (unpaired) electrons. The molecule has 0 unspecified atom stereocenters. The molecule has 0 fully saturated rings. The summed E-state index contributed by atoms with van der Waals surface area (Å²) in [7, 11) is 0. The van der Waals surface area contributed by atoms with Crippen LogP contribution in [0, 0.1) is 0 Å². The van der Waals surface area contributed by atoms with Gasteiger partial charge < -0.3 is 9.13 Å². The minimum absolute atomic E-state index is 0.0950. The predicted octanol–water partition coefficient (Wildman–Crippen LogP) is 1.96. The van der Waals surface area contributed by atoms with Crippen LogP contribution < -0.4 is 0 Å². The van der Waals surface area contributed by atoms with Crippen LogP contribution >= 0.6 is 0 Å². The van der Waals surface area contributed by atoms with Crippen LogP contribution in [0.5, 0.6) is 0 Å². The number of rotatable bonds is 4. The maximum absolute atomic E-state index is 11.2. The smallest absolute Gasteiger partial charge is 0.161 e. The van der Waals surface area contributed by atoms with E-state index in [2.05, 4.69) is 16.5 Å². The minimum atomic E-state index is 0.0950. The topological polar surface area (TPSA) is 39.8 Å². The van der Waals surface area contributed by atoms with Crippen LogP contribution in [0.25, 0.3) is 0 Å². The molecule has 0 atom stereocenters. The molecule has 84 valence electrons. The highest BCUT2D eigenvalue weighted by atomic mass is 16.1. The van der Waals surface area contributed by atoms with Crippen LogP contribution in [0.15, 0.2) is 30.9 Å². The van der Waals surface area contributed by atoms with E-state index in [0.717, 1.165) is 17.9 Å². The third-order valence-corrected chi connectivity index (χ3v) is 2.62. The molecular formula is C12H15N3O. The van der Waals surface area contributed by atoms with Crippen LogP contribution in [0.3, 0.4) is 0 Å². The van der Waals surface area contributed by atoms with Gasteiger partial charge in [0.2, 0.25) is 0 Å². The van der Waals surface area contributed by atoms with Crippen molar-refractivity contribution in [2.45, 2.75) is 26.9 Å². The van der Waals surface area contributed by atoms with Crippen LogP contribution in [0.4, 0.5) is 0 Å². The predicted molar refractivity (Wildman–Crippen MR) is 61.4 cm³/mol. The van der Waals surface area contributed by atoms with Crippen molar-refractivity contribution in [3.05, 3.63) is 42.2 Å². The molecule has 16 heavy (non-hydrogen) atoms. The van der Waals surface area contributed by atoms with E-state index >= 15 is 0 Å². The highest BCUT2D eigenvalue weighted by Crippen LogP contribution is 2.06. The first-order valence-corrected chi connectivity index (χ1v) is 5.37. The molecule has 2 aromatic heterocycles. The van der Waals surface area contributed by atoms with E-state index in [-0.39, 0.29) is 5.78 Å². The Bertz CT molecular complexity index is 496. The molecule has 0 saturated heterocycles. The van der Waals surface area contributed by atoms with E-state index in [1.54, 1.807) is 13.1 Å². The normalized spacial score (nSPS) is 10.6. The van der Waals surface area contributed by atoms with Gasteiger partial charge in [0.25, 0.3) is 0 Å². The van der Waals surface area contributed by atoms with Crippen molar-refractivity contribution < 1.29 is 4.79 Å². The lowest BCUT2D eigenvalue weighted by Crippen LogP contribution is -2.06. The first-order valence-electron chi connectivity index (χ1n) is 5.37. The van der Waals surface area contributed by atoms with Gasteiger partial charge in [0.15, 0.2) is 5.78 Å². The van der Waals surface area contributed by atoms with Gasteiger partial charge in [-0.05, 0) is 19.9 Å². The van der Waals surface area contributed by atoms with Crippen LogP contribution in [0.2, 0.25) is 0 Å². The van der Waals surface area contributed by atoms with Gasteiger partial charge in [-0.15, -0.1) is 0 Å². The molecule has 2 heterocycles. The number of Topliss-reactive ketones (excluding diaryl/α,β-unsaturated/α-hetero) is 1. The van der Waals surface area contributed by atoms with Crippen molar-refractivity contribution in [3.63, 3.8) is 0 Å². The standard InChI is InChI=1S/C12H15N3O/c1-3-15-7-5-13-12(15)9-14-6-4-11(8-14)10(2)16/h4-8H,3,9H2,1-2H3. The molecule has 0 bridgehead atoms. The SMILES string of the molecule is CCn1ccnc1Cn1ccc(C(C)=O)c1. The van der Waals surface area contributed by atoms with Crippen LogP contribution in [0.1, 0.15) is 30.0 Å². The maximum Gasteiger partial charge on any atom is 0.161 e. The Kier molecular flexibility index (Phi) is 2.90. The zero-order valence-electron chi connectivity index (χ0n) is 9.55. The molecule has 4 heteroatoms. The number of ketones is 1. The fraction of sp³-hybridized carbons (Fsp3) is 0.333. The average molecular weight is 217 g/mol. The highest BCUT2D eigenvalue weighted by molar-refractivity contribution is 5.93. The maximum atomic E-state index is 11.2. The van der Waals surface area contributed by atoms with Crippen molar-refractivity contribution in [3.8, 4) is 0 Å². The highest BCUT2D eigenvalue weighted by Gasteiger charge is 2.05. The van der Waals surface area contributed by atoms with Gasteiger partial charge >= 0.3 is 0 Å². The van der Waals surface area contributed by atoms with E-state index in [4.69, 9.17) is 0 Å². The second-order valence-corrected chi connectivity index (χ2v) is 3.76. The second kappa shape index (κ2) is 4.35. The molecule has 0 aliphatic carbocycles. The number of carbonyl (C=O) groups excluding carboxylic acids is 1. The zero-order valence-corrected chi connectivity index (χ0v) is 9.55. The minimum Gasteiger partial charge on any atom is -0.346 e. The van der Waals surface area contributed by atoms with Crippen molar-refractivity contribution in [2.24, 2.45) is 0 Å². The molecule has 2 aromatic rings. The van der Waals surface area contributed by atoms with Gasteiger partial charge in [0, 0.05) is 36.9 Å². The number of hydrogen-bond donors (Lipinski definition) is 0. The number of nitrogens with zero attached hydrogens (tertiary/aromatic N) is 3. The van der Waals surface area contributed by atoms with Gasteiger partial charge in [0.1, 0.15) is 5.82 Å². The van der Waals surface area contributed by atoms with Crippen LogP contribution in [-0.4, -0.2) is 19.9 Å². The Balaban J connectivity index is 2.17. The molecule has 4 nitrogen and oxygen atoms in total. The Hall–Kier alpha value is -1.84. The Labute approximate surface area is 94.5 Å². The van der Waals surface area contributed by atoms with Gasteiger partial charge in [-0.2, -0.15) is 0 Å². The molecule has 0 spiro atoms. The Morgan fingerprint density at radius 1 is 1.44 bits per heavy atom. The summed E-state index contributed by atoms with van der Waals surface area (Å²) in [4.78, 5) is 15.4. The first kappa shape index (κ1) is 10.7. The number of carbonyl (C=O) groups is 1. The summed E-state index contributed by atoms with van der Waals surface area (Å²) in [6.45, 7) is 5.28. The van der Waals surface area contributed by atoms with E-state index in [1.807, 2.05) is 29.2 Å². The van der Waals surface area contributed by atoms with E-state index in [1.165, 1.54) is 0 Å². The van der Waals surface area contributed by atoms with Crippen LogP contribution in [-0.2, 0) is 13.1 Å². The summed E-state index contributed by atoms with van der Waals surface area (Å²) in [5, 5.41) is 0. The van der Waals surface area contributed by atoms with Crippen molar-refractivity contribution in [1.82, 2.24) is 14.1 Å². The molecule has 0 aliphatic rings. The van der Waals surface area contributed by atoms with Crippen molar-refractivity contribution in [2.75, 3.05) is 0 Å². The summed E-state index contributed by atoms with van der Waals surface area (Å²) >= 11 is 0. The van der Waals surface area contributed by atoms with Gasteiger partial charge in [-0.1, -0.05) is 0 Å². The summed E-state index contributed by atoms with van der Waals surface area (Å²) in [5.74, 6) is 1.10. The number of imidazole rings is 1. The van der Waals surface area contributed by atoms with E-state index in [0.29, 0.717) is 6.54 Å². The largest absolute Gasteiger partial charge is 0.346 e. The average Bonchev–Trinajstić information content (AvgIpc) is 2.87. The molecule has 0 N–H and O–H groups in total. The lowest BCUT2D eigenvalue weighted by atomic mass is 10.2. The van der Waals surface area contributed by atoms with E-state index < -0.39 is 0 Å². The second-order valence-electron chi connectivity index (χ2n) is 3.76. The fourth-order valence-electron chi connectivity index (χ4n) is 1.69. The van der Waals surface area contributed by atoms with Gasteiger partial charge in [-0.25, -0.2) is 4.98 Å². The third-order valence-electron chi connectivity index (χ3n) is 2.62. The number of aromatic nitrogens is 3. The molecule has 0 saturated carbocycles. The summed E-state index contributed by atoms with van der Waals surface area (Å²) in [5.41, 5.74) is 0.745. The molecule has 2 rings (SSSR count). The van der Waals surface area contributed by atoms with Gasteiger partial charge in [0.05, 0.1) is 6.54 Å². The summed E-state index contributed by atoms with van der Waals surface area (Å²) < 4.78 is 4.07. The molecule has 0 amide bonds. The summed E-state index contributed by atoms with van der Waals surface area (Å²) in [6, 6.07) is 1.83. The Morgan fingerprint density at radius 2 is 2.25 bits per heavy atom. The molecule has 0 aromatic carbocycles. The molecule has 0 aliphatic heterocycles. The number of hydrogen-bond acceptors (Lipinski definition) is 2. The summed E-state index contributed by atoms with van der Waals surface area (Å²) in [6.07, 6.45) is 7.53. The monoisotopic (exact) mass is 217 g/mol. The van der Waals surface area contributed by atoms with Crippen molar-refractivity contribution >= 4 is 5.78 Å². The molecular weight excluding hydrogens is 202 g/mol. The Morgan fingerprint density at radius 3 is 2.88 bits per heavy atom. The zero-order chi connectivity index (χ0) is 11.5. The quantitative estimate of drug-likeness (QED) is 0.734. The lowest BCUT2D eigenvalue weighted by molar-refractivity contribution is 0.101. The third kappa shape index (κ3) is 2.05. The number of aryl methyl sites for hydroxylation is 1. The van der Waals surface area contributed by atoms with Crippen molar-refractivity contribution in [1.29, 1.82) is 0 Å².